The summed E-state index contributed by atoms with van der Waals surface area (Å²) in [5, 5.41) is 3.94. The van der Waals surface area contributed by atoms with Crippen molar-refractivity contribution in [1.82, 2.24) is 19.0 Å². The summed E-state index contributed by atoms with van der Waals surface area (Å²) >= 11 is 0. The molecular weight excluding hydrogens is 385 g/mol. The highest BCUT2D eigenvalue weighted by Gasteiger charge is 2.34. The molecule has 1 amide bonds. The first kappa shape index (κ1) is 19.4. The first-order chi connectivity index (χ1) is 12.7. The Morgan fingerprint density at radius 2 is 1.81 bits per heavy atom. The van der Waals surface area contributed by atoms with Gasteiger partial charge < -0.3 is 4.90 Å². The smallest absolute Gasteiger partial charge is 0.338 e. The molecule has 0 bridgehead atoms. The molecule has 1 saturated heterocycles. The third-order valence-corrected chi connectivity index (χ3v) is 6.14. The van der Waals surface area contributed by atoms with E-state index in [1.807, 2.05) is 0 Å². The van der Waals surface area contributed by atoms with E-state index in [2.05, 4.69) is 5.10 Å². The Hall–Kier alpha value is -2.40. The molecular formula is C16H17F3N4O3S. The van der Waals surface area contributed by atoms with Crippen molar-refractivity contribution in [2.75, 3.05) is 26.2 Å². The number of carbonyl (C=O) groups excluding carboxylic acids is 1. The van der Waals surface area contributed by atoms with Crippen LogP contribution in [0, 0.1) is 0 Å². The predicted molar refractivity (Wildman–Crippen MR) is 89.0 cm³/mol. The molecule has 1 aromatic carbocycles. The van der Waals surface area contributed by atoms with E-state index in [1.54, 1.807) is 18.5 Å². The number of sulfonamides is 1. The summed E-state index contributed by atoms with van der Waals surface area (Å²) in [5.41, 5.74) is -1.02. The Morgan fingerprint density at radius 1 is 1.11 bits per heavy atom. The fraction of sp³-hybridized carbons (Fsp3) is 0.375. The van der Waals surface area contributed by atoms with Gasteiger partial charge in [-0.25, -0.2) is 8.42 Å². The molecule has 1 aliphatic heterocycles. The first-order valence-corrected chi connectivity index (χ1v) is 9.54. The fourth-order valence-electron chi connectivity index (χ4n) is 2.79. The molecule has 3 rings (SSSR count). The molecule has 1 aromatic heterocycles. The monoisotopic (exact) mass is 402 g/mol. The lowest BCUT2D eigenvalue weighted by Gasteiger charge is -2.34. The van der Waals surface area contributed by atoms with Gasteiger partial charge >= 0.3 is 6.18 Å². The van der Waals surface area contributed by atoms with Gasteiger partial charge in [-0.15, -0.1) is 0 Å². The average Bonchev–Trinajstić information content (AvgIpc) is 3.14. The second-order valence-electron chi connectivity index (χ2n) is 6.01. The van der Waals surface area contributed by atoms with Crippen molar-refractivity contribution in [3.63, 3.8) is 0 Å². The van der Waals surface area contributed by atoms with E-state index in [1.165, 1.54) is 9.58 Å². The molecule has 0 unspecified atom stereocenters. The zero-order valence-electron chi connectivity index (χ0n) is 14.1. The van der Waals surface area contributed by atoms with Crippen molar-refractivity contribution < 1.29 is 26.4 Å². The molecule has 2 heterocycles. The van der Waals surface area contributed by atoms with Crippen LogP contribution in [-0.4, -0.2) is 59.5 Å². The molecule has 7 nitrogen and oxygen atoms in total. The number of halogens is 3. The Kier molecular flexibility index (Phi) is 5.24. The van der Waals surface area contributed by atoms with E-state index in [-0.39, 0.29) is 38.6 Å². The standard InChI is InChI=1S/C16H17F3N4O3S/c17-16(18,19)13-3-1-4-14(11-13)27(25,26)23-9-7-21(8-10-23)15(24)12-22-6-2-5-20-22/h1-6,11H,7-10,12H2. The van der Waals surface area contributed by atoms with Crippen LogP contribution in [0.25, 0.3) is 0 Å². The highest BCUT2D eigenvalue weighted by Crippen LogP contribution is 2.31. The molecule has 0 atom stereocenters. The maximum absolute atomic E-state index is 12.8. The third kappa shape index (κ3) is 4.30. The van der Waals surface area contributed by atoms with Crippen LogP contribution in [0.3, 0.4) is 0 Å². The summed E-state index contributed by atoms with van der Waals surface area (Å²) in [7, 11) is -4.07. The van der Waals surface area contributed by atoms with E-state index >= 15 is 0 Å². The van der Waals surface area contributed by atoms with Crippen molar-refractivity contribution in [2.45, 2.75) is 17.6 Å². The number of aromatic nitrogens is 2. The van der Waals surface area contributed by atoms with Crippen LogP contribution < -0.4 is 0 Å². The lowest BCUT2D eigenvalue weighted by molar-refractivity contribution is -0.137. The van der Waals surface area contributed by atoms with Crippen LogP contribution in [0.1, 0.15) is 5.56 Å². The number of rotatable bonds is 4. The summed E-state index contributed by atoms with van der Waals surface area (Å²) in [6.45, 7) is 0.414. The van der Waals surface area contributed by atoms with Gasteiger partial charge in [-0.05, 0) is 24.3 Å². The maximum atomic E-state index is 12.8. The van der Waals surface area contributed by atoms with E-state index < -0.39 is 26.7 Å². The number of benzene rings is 1. The molecule has 1 aliphatic rings. The Balaban J connectivity index is 1.67. The molecule has 0 N–H and O–H groups in total. The highest BCUT2D eigenvalue weighted by atomic mass is 32.2. The number of carbonyl (C=O) groups is 1. The van der Waals surface area contributed by atoms with Crippen molar-refractivity contribution in [1.29, 1.82) is 0 Å². The first-order valence-electron chi connectivity index (χ1n) is 8.10. The summed E-state index contributed by atoms with van der Waals surface area (Å²) in [6, 6.07) is 5.35. The zero-order valence-corrected chi connectivity index (χ0v) is 14.9. The fourth-order valence-corrected chi connectivity index (χ4v) is 4.26. The van der Waals surface area contributed by atoms with Gasteiger partial charge in [0.05, 0.1) is 10.5 Å². The number of piperazine rings is 1. The Bertz CT molecular complexity index is 905. The molecule has 0 saturated carbocycles. The molecule has 146 valence electrons. The second kappa shape index (κ2) is 7.31. The van der Waals surface area contributed by atoms with Gasteiger partial charge in [-0.3, -0.25) is 9.48 Å². The normalized spacial score (nSPS) is 16.5. The quantitative estimate of drug-likeness (QED) is 0.776. The topological polar surface area (TPSA) is 75.5 Å². The molecule has 0 spiro atoms. The average molecular weight is 402 g/mol. The Labute approximate surface area is 154 Å². The third-order valence-electron chi connectivity index (χ3n) is 4.25. The summed E-state index contributed by atoms with van der Waals surface area (Å²) < 4.78 is 66.3. The van der Waals surface area contributed by atoms with Gasteiger partial charge in [-0.2, -0.15) is 22.6 Å². The number of hydrogen-bond acceptors (Lipinski definition) is 4. The molecule has 11 heteroatoms. The largest absolute Gasteiger partial charge is 0.416 e. The second-order valence-corrected chi connectivity index (χ2v) is 7.95. The molecule has 0 radical (unpaired) electrons. The van der Waals surface area contributed by atoms with E-state index in [4.69, 9.17) is 0 Å². The highest BCUT2D eigenvalue weighted by molar-refractivity contribution is 7.89. The van der Waals surface area contributed by atoms with E-state index in [0.717, 1.165) is 22.5 Å². The van der Waals surface area contributed by atoms with Gasteiger partial charge in [0.1, 0.15) is 6.54 Å². The minimum absolute atomic E-state index is 0.0173. The zero-order chi connectivity index (χ0) is 19.7. The van der Waals surface area contributed by atoms with Gasteiger partial charge in [-0.1, -0.05) is 6.07 Å². The Morgan fingerprint density at radius 3 is 2.41 bits per heavy atom. The number of hydrogen-bond donors (Lipinski definition) is 0. The van der Waals surface area contributed by atoms with Crippen molar-refractivity contribution >= 4 is 15.9 Å². The summed E-state index contributed by atoms with van der Waals surface area (Å²) in [5.74, 6) is -0.199. The van der Waals surface area contributed by atoms with Crippen LogP contribution in [-0.2, 0) is 27.5 Å². The number of nitrogens with zero attached hydrogens (tertiary/aromatic N) is 4. The SMILES string of the molecule is O=C(Cn1cccn1)N1CCN(S(=O)(=O)c2cccc(C(F)(F)F)c2)CC1. The number of amides is 1. The van der Waals surface area contributed by atoms with Gasteiger partial charge in [0.25, 0.3) is 0 Å². The van der Waals surface area contributed by atoms with Gasteiger partial charge in [0.15, 0.2) is 0 Å². The lowest BCUT2D eigenvalue weighted by atomic mass is 10.2. The van der Waals surface area contributed by atoms with E-state index in [0.29, 0.717) is 6.07 Å². The number of alkyl halides is 3. The summed E-state index contributed by atoms with van der Waals surface area (Å²) in [4.78, 5) is 13.3. The molecule has 1 fully saturated rings. The van der Waals surface area contributed by atoms with Gasteiger partial charge in [0, 0.05) is 38.6 Å². The van der Waals surface area contributed by atoms with Crippen molar-refractivity contribution in [3.8, 4) is 0 Å². The maximum Gasteiger partial charge on any atom is 0.416 e. The van der Waals surface area contributed by atoms with Crippen molar-refractivity contribution in [2.24, 2.45) is 0 Å². The lowest BCUT2D eigenvalue weighted by Crippen LogP contribution is -2.51. The van der Waals surface area contributed by atoms with Crippen LogP contribution in [0.15, 0.2) is 47.6 Å². The van der Waals surface area contributed by atoms with Crippen LogP contribution in [0.5, 0.6) is 0 Å². The van der Waals surface area contributed by atoms with Crippen LogP contribution in [0.4, 0.5) is 13.2 Å². The van der Waals surface area contributed by atoms with Gasteiger partial charge in [0.2, 0.25) is 15.9 Å². The minimum Gasteiger partial charge on any atom is -0.338 e. The van der Waals surface area contributed by atoms with Crippen LogP contribution >= 0.6 is 0 Å². The summed E-state index contributed by atoms with van der Waals surface area (Å²) in [6.07, 6.45) is -1.43. The van der Waals surface area contributed by atoms with E-state index in [9.17, 15) is 26.4 Å². The van der Waals surface area contributed by atoms with Crippen molar-refractivity contribution in [3.05, 3.63) is 48.3 Å². The molecule has 27 heavy (non-hydrogen) atoms. The predicted octanol–water partition coefficient (Wildman–Crippen LogP) is 1.44. The minimum atomic E-state index is -4.62. The van der Waals surface area contributed by atoms with Crippen LogP contribution in [0.2, 0.25) is 0 Å². The molecule has 2 aromatic rings. The molecule has 0 aliphatic carbocycles.